The molecule has 0 fully saturated rings. The van der Waals surface area contributed by atoms with Crippen molar-refractivity contribution in [3.05, 3.63) is 42.6 Å². The van der Waals surface area contributed by atoms with Crippen molar-refractivity contribution >= 4 is 11.5 Å². The molecule has 1 heterocycles. The van der Waals surface area contributed by atoms with Crippen LogP contribution in [0.25, 0.3) is 0 Å². The number of benzene rings is 1. The molecule has 0 aliphatic rings. The van der Waals surface area contributed by atoms with Gasteiger partial charge in [-0.1, -0.05) is 0 Å². The highest BCUT2D eigenvalue weighted by Crippen LogP contribution is 2.20. The van der Waals surface area contributed by atoms with Gasteiger partial charge in [0.15, 0.2) is 11.6 Å². The van der Waals surface area contributed by atoms with Gasteiger partial charge in [-0.2, -0.15) is 0 Å². The Balaban J connectivity index is 2.09. The first kappa shape index (κ1) is 12.3. The van der Waals surface area contributed by atoms with Crippen LogP contribution in [0.4, 0.5) is 15.9 Å². The van der Waals surface area contributed by atoms with Gasteiger partial charge in [0, 0.05) is 5.69 Å². The van der Waals surface area contributed by atoms with E-state index in [-0.39, 0.29) is 11.9 Å². The summed E-state index contributed by atoms with van der Waals surface area (Å²) in [5, 5.41) is 2.87. The smallest absolute Gasteiger partial charge is 0.184 e. The number of aromatic nitrogens is 2. The standard InChI is InChI=1S/C13H14FN3O/c1-9(2)18-11-5-3-10(4-6-11)17-13-12(14)7-15-8-16-13/h3-9H,1-2H3,(H,15,16,17). The largest absolute Gasteiger partial charge is 0.491 e. The Morgan fingerprint density at radius 1 is 1.22 bits per heavy atom. The number of anilines is 2. The van der Waals surface area contributed by atoms with Gasteiger partial charge in [0.25, 0.3) is 0 Å². The van der Waals surface area contributed by atoms with E-state index in [1.54, 1.807) is 12.1 Å². The Kier molecular flexibility index (Phi) is 3.72. The number of hydrogen-bond donors (Lipinski definition) is 1. The number of nitrogens with zero attached hydrogens (tertiary/aromatic N) is 2. The van der Waals surface area contributed by atoms with E-state index in [9.17, 15) is 4.39 Å². The summed E-state index contributed by atoms with van der Waals surface area (Å²) in [6.07, 6.45) is 2.54. The zero-order chi connectivity index (χ0) is 13.0. The van der Waals surface area contributed by atoms with Crippen molar-refractivity contribution in [1.82, 2.24) is 9.97 Å². The van der Waals surface area contributed by atoms with Crippen LogP contribution < -0.4 is 10.1 Å². The summed E-state index contributed by atoms with van der Waals surface area (Å²) in [5.74, 6) is 0.446. The predicted molar refractivity (Wildman–Crippen MR) is 67.5 cm³/mol. The molecule has 18 heavy (non-hydrogen) atoms. The van der Waals surface area contributed by atoms with E-state index >= 15 is 0 Å². The van der Waals surface area contributed by atoms with Crippen molar-refractivity contribution in [2.75, 3.05) is 5.32 Å². The second kappa shape index (κ2) is 5.44. The van der Waals surface area contributed by atoms with Crippen molar-refractivity contribution in [2.24, 2.45) is 0 Å². The van der Waals surface area contributed by atoms with Gasteiger partial charge in [-0.05, 0) is 38.1 Å². The molecule has 0 aliphatic carbocycles. The first-order valence-corrected chi connectivity index (χ1v) is 5.64. The summed E-state index contributed by atoms with van der Waals surface area (Å²) in [7, 11) is 0. The molecule has 5 heteroatoms. The average molecular weight is 247 g/mol. The highest BCUT2D eigenvalue weighted by molar-refractivity contribution is 5.57. The van der Waals surface area contributed by atoms with Crippen LogP contribution in [-0.2, 0) is 0 Å². The van der Waals surface area contributed by atoms with E-state index in [1.165, 1.54) is 6.33 Å². The third-order valence-electron chi connectivity index (χ3n) is 2.16. The number of nitrogens with one attached hydrogen (secondary N) is 1. The van der Waals surface area contributed by atoms with Crippen LogP contribution in [0.2, 0.25) is 0 Å². The van der Waals surface area contributed by atoms with Gasteiger partial charge in [-0.3, -0.25) is 0 Å². The third-order valence-corrected chi connectivity index (χ3v) is 2.16. The van der Waals surface area contributed by atoms with Crippen LogP contribution in [0, 0.1) is 5.82 Å². The summed E-state index contributed by atoms with van der Waals surface area (Å²) >= 11 is 0. The van der Waals surface area contributed by atoms with Crippen LogP contribution >= 0.6 is 0 Å². The summed E-state index contributed by atoms with van der Waals surface area (Å²) in [6, 6.07) is 7.25. The molecule has 2 rings (SSSR count). The summed E-state index contributed by atoms with van der Waals surface area (Å²) in [5.41, 5.74) is 0.740. The van der Waals surface area contributed by atoms with Crippen molar-refractivity contribution in [2.45, 2.75) is 20.0 Å². The minimum absolute atomic E-state index is 0.128. The molecule has 0 saturated heterocycles. The SMILES string of the molecule is CC(C)Oc1ccc(Nc2ncncc2F)cc1. The van der Waals surface area contributed by atoms with E-state index in [0.29, 0.717) is 0 Å². The van der Waals surface area contributed by atoms with Gasteiger partial charge in [-0.15, -0.1) is 0 Å². The minimum Gasteiger partial charge on any atom is -0.491 e. The van der Waals surface area contributed by atoms with Gasteiger partial charge in [0.1, 0.15) is 12.1 Å². The lowest BCUT2D eigenvalue weighted by molar-refractivity contribution is 0.242. The molecule has 4 nitrogen and oxygen atoms in total. The summed E-state index contributed by atoms with van der Waals surface area (Å²) < 4.78 is 18.8. The second-order valence-corrected chi connectivity index (χ2v) is 4.04. The number of rotatable bonds is 4. The minimum atomic E-state index is -0.486. The van der Waals surface area contributed by atoms with Crippen LogP contribution in [0.1, 0.15) is 13.8 Å². The summed E-state index contributed by atoms with van der Waals surface area (Å²) in [4.78, 5) is 7.40. The first-order chi connectivity index (χ1) is 8.65. The first-order valence-electron chi connectivity index (χ1n) is 5.64. The van der Waals surface area contributed by atoms with E-state index in [2.05, 4.69) is 15.3 Å². The Bertz CT molecular complexity index is 514. The molecule has 1 N–H and O–H groups in total. The van der Waals surface area contributed by atoms with E-state index in [1.807, 2.05) is 26.0 Å². The molecule has 0 atom stereocenters. The Labute approximate surface area is 105 Å². The highest BCUT2D eigenvalue weighted by Gasteiger charge is 2.03. The van der Waals surface area contributed by atoms with Gasteiger partial charge >= 0.3 is 0 Å². The Morgan fingerprint density at radius 2 is 1.94 bits per heavy atom. The molecule has 0 aliphatic heterocycles. The van der Waals surface area contributed by atoms with E-state index in [0.717, 1.165) is 17.6 Å². The monoisotopic (exact) mass is 247 g/mol. The fraction of sp³-hybridized carbons (Fsp3) is 0.231. The molecule has 0 bridgehead atoms. The van der Waals surface area contributed by atoms with Crippen LogP contribution in [-0.4, -0.2) is 16.1 Å². The molecular weight excluding hydrogens is 233 g/mol. The lowest BCUT2D eigenvalue weighted by Gasteiger charge is -2.10. The van der Waals surface area contributed by atoms with Crippen LogP contribution in [0.5, 0.6) is 5.75 Å². The number of ether oxygens (including phenoxy) is 1. The molecule has 94 valence electrons. The summed E-state index contributed by atoms with van der Waals surface area (Å²) in [6.45, 7) is 3.92. The molecule has 0 saturated carbocycles. The third kappa shape index (κ3) is 3.16. The maximum atomic E-state index is 13.3. The van der Waals surface area contributed by atoms with Gasteiger partial charge < -0.3 is 10.1 Å². The quantitative estimate of drug-likeness (QED) is 0.901. The lowest BCUT2D eigenvalue weighted by atomic mass is 10.3. The van der Waals surface area contributed by atoms with Crippen molar-refractivity contribution in [1.29, 1.82) is 0 Å². The second-order valence-electron chi connectivity index (χ2n) is 4.04. The van der Waals surface area contributed by atoms with Gasteiger partial charge in [-0.25, -0.2) is 14.4 Å². The average Bonchev–Trinajstić information content (AvgIpc) is 2.34. The molecule has 0 amide bonds. The van der Waals surface area contributed by atoms with Crippen LogP contribution in [0.15, 0.2) is 36.8 Å². The van der Waals surface area contributed by atoms with Crippen molar-refractivity contribution in [3.63, 3.8) is 0 Å². The molecule has 1 aromatic carbocycles. The Morgan fingerprint density at radius 3 is 2.56 bits per heavy atom. The van der Waals surface area contributed by atoms with Crippen molar-refractivity contribution in [3.8, 4) is 5.75 Å². The maximum absolute atomic E-state index is 13.3. The molecule has 0 spiro atoms. The molecule has 0 radical (unpaired) electrons. The number of halogens is 1. The normalized spacial score (nSPS) is 10.4. The lowest BCUT2D eigenvalue weighted by Crippen LogP contribution is -2.05. The predicted octanol–water partition coefficient (Wildman–Crippen LogP) is 3.15. The van der Waals surface area contributed by atoms with Gasteiger partial charge in [0.05, 0.1) is 12.3 Å². The molecule has 0 unspecified atom stereocenters. The van der Waals surface area contributed by atoms with Gasteiger partial charge in [0.2, 0.25) is 0 Å². The highest BCUT2D eigenvalue weighted by atomic mass is 19.1. The molecule has 1 aromatic heterocycles. The van der Waals surface area contributed by atoms with Crippen molar-refractivity contribution < 1.29 is 9.13 Å². The van der Waals surface area contributed by atoms with E-state index < -0.39 is 5.82 Å². The maximum Gasteiger partial charge on any atom is 0.184 e. The Hall–Kier alpha value is -2.17. The van der Waals surface area contributed by atoms with E-state index in [4.69, 9.17) is 4.74 Å². The topological polar surface area (TPSA) is 47.0 Å². The fourth-order valence-electron chi connectivity index (χ4n) is 1.43. The number of hydrogen-bond acceptors (Lipinski definition) is 4. The molecule has 2 aromatic rings. The zero-order valence-electron chi connectivity index (χ0n) is 10.2. The van der Waals surface area contributed by atoms with Crippen LogP contribution in [0.3, 0.4) is 0 Å². The molecular formula is C13H14FN3O. The zero-order valence-corrected chi connectivity index (χ0v) is 10.2. The fourth-order valence-corrected chi connectivity index (χ4v) is 1.43.